The molecule has 132 valence electrons. The third kappa shape index (κ3) is 3.71. The summed E-state index contributed by atoms with van der Waals surface area (Å²) in [6, 6.07) is 0. The number of carbonyl (C=O) groups is 1. The van der Waals surface area contributed by atoms with E-state index in [1.165, 1.54) is 11.4 Å². The molecule has 7 nitrogen and oxygen atoms in total. The van der Waals surface area contributed by atoms with Gasteiger partial charge in [0.15, 0.2) is 0 Å². The first-order valence-corrected chi connectivity index (χ1v) is 8.60. The van der Waals surface area contributed by atoms with E-state index >= 15 is 0 Å². The predicted molar refractivity (Wildman–Crippen MR) is 87.6 cm³/mol. The monoisotopic (exact) mass is 366 g/mol. The van der Waals surface area contributed by atoms with E-state index in [0.29, 0.717) is 13.1 Å². The largest absolute Gasteiger partial charge is 0.465 e. The molecule has 1 aromatic rings. The Morgan fingerprint density at radius 3 is 2.61 bits per heavy atom. The van der Waals surface area contributed by atoms with Crippen molar-refractivity contribution in [1.29, 1.82) is 0 Å². The standard InChI is InChI=1S/C14H22N2O5S.ClH/c1-9-12(14(17)20-4)13(10(2)21-9)22(18,19)16-6-5-11(8-16)7-15-3;/h11,15H,5-8H2,1-4H3;1H. The molecule has 23 heavy (non-hydrogen) atoms. The molecule has 0 radical (unpaired) electrons. The van der Waals surface area contributed by atoms with Crippen LogP contribution < -0.4 is 5.32 Å². The summed E-state index contributed by atoms with van der Waals surface area (Å²) >= 11 is 0. The fraction of sp³-hybridized carbons (Fsp3) is 0.643. The van der Waals surface area contributed by atoms with Gasteiger partial charge in [0, 0.05) is 13.1 Å². The van der Waals surface area contributed by atoms with E-state index in [4.69, 9.17) is 9.15 Å². The summed E-state index contributed by atoms with van der Waals surface area (Å²) in [5, 5.41) is 3.06. The molecule has 0 aliphatic carbocycles. The van der Waals surface area contributed by atoms with Crippen LogP contribution in [0.2, 0.25) is 0 Å². The minimum absolute atomic E-state index is 0. The molecular formula is C14H23ClN2O5S. The molecule has 0 bridgehead atoms. The Hall–Kier alpha value is -1.09. The van der Waals surface area contributed by atoms with Crippen LogP contribution in [-0.2, 0) is 14.8 Å². The van der Waals surface area contributed by atoms with Crippen LogP contribution in [-0.4, -0.2) is 52.5 Å². The molecule has 1 saturated heterocycles. The minimum Gasteiger partial charge on any atom is -0.465 e. The lowest BCUT2D eigenvalue weighted by atomic mass is 10.1. The molecule has 1 unspecified atom stereocenters. The van der Waals surface area contributed by atoms with Gasteiger partial charge in [0.25, 0.3) is 0 Å². The average Bonchev–Trinajstić information content (AvgIpc) is 3.03. The molecule has 1 aliphatic heterocycles. The molecule has 0 amide bonds. The van der Waals surface area contributed by atoms with Gasteiger partial charge in [-0.2, -0.15) is 4.31 Å². The first-order valence-electron chi connectivity index (χ1n) is 7.16. The zero-order chi connectivity index (χ0) is 16.5. The lowest BCUT2D eigenvalue weighted by molar-refractivity contribution is 0.0594. The number of halogens is 1. The number of aryl methyl sites for hydroxylation is 2. The maximum Gasteiger partial charge on any atom is 0.342 e. The third-order valence-electron chi connectivity index (χ3n) is 3.93. The number of sulfonamides is 1. The van der Waals surface area contributed by atoms with Crippen molar-refractivity contribution >= 4 is 28.4 Å². The number of hydrogen-bond acceptors (Lipinski definition) is 6. The number of hydrogen-bond donors (Lipinski definition) is 1. The molecule has 1 N–H and O–H groups in total. The highest BCUT2D eigenvalue weighted by Gasteiger charge is 2.38. The normalized spacial score (nSPS) is 18.7. The summed E-state index contributed by atoms with van der Waals surface area (Å²) in [4.78, 5) is 11.9. The molecular weight excluding hydrogens is 344 g/mol. The highest BCUT2D eigenvalue weighted by atomic mass is 35.5. The molecule has 0 aromatic carbocycles. The Morgan fingerprint density at radius 2 is 2.04 bits per heavy atom. The smallest absolute Gasteiger partial charge is 0.342 e. The molecule has 1 aliphatic rings. The van der Waals surface area contributed by atoms with E-state index < -0.39 is 16.0 Å². The highest BCUT2D eigenvalue weighted by molar-refractivity contribution is 7.89. The Morgan fingerprint density at radius 1 is 1.39 bits per heavy atom. The summed E-state index contributed by atoms with van der Waals surface area (Å²) in [6.07, 6.45) is 0.795. The van der Waals surface area contributed by atoms with Crippen LogP contribution in [0.3, 0.4) is 0 Å². The van der Waals surface area contributed by atoms with Crippen LogP contribution in [0.1, 0.15) is 28.3 Å². The van der Waals surface area contributed by atoms with Crippen molar-refractivity contribution in [1.82, 2.24) is 9.62 Å². The number of furan rings is 1. The summed E-state index contributed by atoms with van der Waals surface area (Å²) < 4.78 is 37.3. The lowest BCUT2D eigenvalue weighted by Gasteiger charge is -2.17. The average molecular weight is 367 g/mol. The van der Waals surface area contributed by atoms with Gasteiger partial charge in [-0.05, 0) is 39.8 Å². The second kappa shape index (κ2) is 7.65. The molecule has 0 saturated carbocycles. The zero-order valence-electron chi connectivity index (χ0n) is 13.7. The zero-order valence-corrected chi connectivity index (χ0v) is 15.3. The quantitative estimate of drug-likeness (QED) is 0.791. The fourth-order valence-electron chi connectivity index (χ4n) is 2.91. The van der Waals surface area contributed by atoms with E-state index in [1.807, 2.05) is 7.05 Å². The van der Waals surface area contributed by atoms with E-state index in [9.17, 15) is 13.2 Å². The third-order valence-corrected chi connectivity index (χ3v) is 5.95. The SMILES string of the molecule is CNCC1CCN(S(=O)(=O)c2c(C)oc(C)c2C(=O)OC)C1.Cl. The van der Waals surface area contributed by atoms with Crippen LogP contribution in [0.4, 0.5) is 0 Å². The maximum atomic E-state index is 12.9. The van der Waals surface area contributed by atoms with E-state index in [1.54, 1.807) is 13.8 Å². The Labute approximate surface area is 142 Å². The van der Waals surface area contributed by atoms with Crippen LogP contribution in [0, 0.1) is 19.8 Å². The Bertz CT molecular complexity index is 671. The number of carbonyl (C=O) groups excluding carboxylic acids is 1. The summed E-state index contributed by atoms with van der Waals surface area (Å²) in [5.41, 5.74) is -0.00272. The topological polar surface area (TPSA) is 88.9 Å². The summed E-state index contributed by atoms with van der Waals surface area (Å²) in [7, 11) is -0.710. The fourth-order valence-corrected chi connectivity index (χ4v) is 4.81. The Balaban J connectivity index is 0.00000264. The summed E-state index contributed by atoms with van der Waals surface area (Å²) in [5.74, 6) is 0.0532. The van der Waals surface area contributed by atoms with Gasteiger partial charge in [-0.3, -0.25) is 0 Å². The molecule has 1 aromatic heterocycles. The first-order chi connectivity index (χ1) is 10.3. The second-order valence-electron chi connectivity index (χ2n) is 5.49. The summed E-state index contributed by atoms with van der Waals surface area (Å²) in [6.45, 7) is 4.76. The van der Waals surface area contributed by atoms with Gasteiger partial charge in [-0.1, -0.05) is 0 Å². The molecule has 0 spiro atoms. The number of rotatable bonds is 5. The molecule has 2 rings (SSSR count). The molecule has 9 heteroatoms. The number of nitrogens with one attached hydrogen (secondary N) is 1. The maximum absolute atomic E-state index is 12.9. The van der Waals surface area contributed by atoms with Gasteiger partial charge in [0.2, 0.25) is 10.0 Å². The van der Waals surface area contributed by atoms with Crippen molar-refractivity contribution in [2.24, 2.45) is 5.92 Å². The lowest BCUT2D eigenvalue weighted by Crippen LogP contribution is -2.31. The minimum atomic E-state index is -3.77. The van der Waals surface area contributed by atoms with E-state index in [-0.39, 0.29) is 40.3 Å². The van der Waals surface area contributed by atoms with Crippen molar-refractivity contribution in [3.63, 3.8) is 0 Å². The predicted octanol–water partition coefficient (Wildman–Crippen LogP) is 1.33. The van der Waals surface area contributed by atoms with Crippen LogP contribution >= 0.6 is 12.4 Å². The van der Waals surface area contributed by atoms with Gasteiger partial charge < -0.3 is 14.5 Å². The van der Waals surface area contributed by atoms with Crippen molar-refractivity contribution in [3.05, 3.63) is 17.1 Å². The second-order valence-corrected chi connectivity index (χ2v) is 7.36. The van der Waals surface area contributed by atoms with Crippen molar-refractivity contribution < 1.29 is 22.4 Å². The number of methoxy groups -OCH3 is 1. The van der Waals surface area contributed by atoms with Crippen LogP contribution in [0.5, 0.6) is 0 Å². The number of nitrogens with zero attached hydrogens (tertiary/aromatic N) is 1. The van der Waals surface area contributed by atoms with Gasteiger partial charge >= 0.3 is 5.97 Å². The van der Waals surface area contributed by atoms with E-state index in [2.05, 4.69) is 5.32 Å². The highest BCUT2D eigenvalue weighted by Crippen LogP contribution is 2.32. The van der Waals surface area contributed by atoms with Crippen LogP contribution in [0.25, 0.3) is 0 Å². The number of esters is 1. The Kier molecular flexibility index (Phi) is 6.64. The van der Waals surface area contributed by atoms with Crippen molar-refractivity contribution in [3.8, 4) is 0 Å². The number of ether oxygens (including phenoxy) is 1. The molecule has 1 fully saturated rings. The van der Waals surface area contributed by atoms with Crippen LogP contribution in [0.15, 0.2) is 9.31 Å². The van der Waals surface area contributed by atoms with E-state index in [0.717, 1.165) is 13.0 Å². The van der Waals surface area contributed by atoms with Gasteiger partial charge in [0.05, 0.1) is 7.11 Å². The van der Waals surface area contributed by atoms with Crippen molar-refractivity contribution in [2.75, 3.05) is 33.8 Å². The van der Waals surface area contributed by atoms with Gasteiger partial charge in [-0.15, -0.1) is 12.4 Å². The molecule has 1 atom stereocenters. The van der Waals surface area contributed by atoms with Gasteiger partial charge in [0.1, 0.15) is 22.0 Å². The first kappa shape index (κ1) is 20.0. The molecule has 2 heterocycles. The van der Waals surface area contributed by atoms with Crippen molar-refractivity contribution in [2.45, 2.75) is 25.2 Å². The van der Waals surface area contributed by atoms with Gasteiger partial charge in [-0.25, -0.2) is 13.2 Å².